The molecule has 1 amide bonds. The summed E-state index contributed by atoms with van der Waals surface area (Å²) >= 11 is 6.04. The van der Waals surface area contributed by atoms with Gasteiger partial charge in [0.25, 0.3) is 5.91 Å². The number of hydrogen-bond acceptors (Lipinski definition) is 4. The molecule has 3 aromatic carbocycles. The molecule has 3 aromatic rings. The number of amides is 1. The average molecular weight is 379 g/mol. The third kappa shape index (κ3) is 2.67. The van der Waals surface area contributed by atoms with Gasteiger partial charge in [-0.15, -0.1) is 0 Å². The van der Waals surface area contributed by atoms with E-state index in [1.807, 2.05) is 54.6 Å². The van der Waals surface area contributed by atoms with E-state index in [0.717, 1.165) is 16.9 Å². The van der Waals surface area contributed by atoms with Gasteiger partial charge < -0.3 is 14.8 Å². The van der Waals surface area contributed by atoms with Gasteiger partial charge in [0.1, 0.15) is 6.17 Å². The number of nitrogens with zero attached hydrogens (tertiary/aromatic N) is 1. The van der Waals surface area contributed by atoms with Crippen molar-refractivity contribution in [1.29, 1.82) is 0 Å². The van der Waals surface area contributed by atoms with Crippen molar-refractivity contribution >= 4 is 28.9 Å². The molecule has 5 nitrogen and oxygen atoms in total. The lowest BCUT2D eigenvalue weighted by Crippen LogP contribution is -2.43. The van der Waals surface area contributed by atoms with Gasteiger partial charge in [0, 0.05) is 16.4 Å². The Morgan fingerprint density at radius 1 is 0.963 bits per heavy atom. The number of nitrogens with one attached hydrogen (secondary N) is 1. The molecule has 0 saturated carbocycles. The van der Waals surface area contributed by atoms with Crippen LogP contribution < -0.4 is 19.7 Å². The standard InChI is InChI=1S/C21H15ClN2O3/c22-14-6-8-15(9-7-14)24-20(13-5-10-18-19(11-13)27-12-26-18)23-17-4-2-1-3-16(17)21(24)25/h1-11,20,23H,12H2. The van der Waals surface area contributed by atoms with Crippen LogP contribution in [0.5, 0.6) is 11.5 Å². The second-order valence-electron chi connectivity index (χ2n) is 6.36. The molecule has 0 saturated heterocycles. The van der Waals surface area contributed by atoms with Crippen LogP contribution >= 0.6 is 11.6 Å². The topological polar surface area (TPSA) is 50.8 Å². The Kier molecular flexibility index (Phi) is 3.69. The summed E-state index contributed by atoms with van der Waals surface area (Å²) in [6, 6.07) is 20.5. The minimum absolute atomic E-state index is 0.0747. The largest absolute Gasteiger partial charge is 0.454 e. The van der Waals surface area contributed by atoms with E-state index in [4.69, 9.17) is 21.1 Å². The van der Waals surface area contributed by atoms with Crippen molar-refractivity contribution in [2.45, 2.75) is 6.17 Å². The van der Waals surface area contributed by atoms with Gasteiger partial charge in [-0.2, -0.15) is 0 Å². The molecule has 27 heavy (non-hydrogen) atoms. The molecule has 1 N–H and O–H groups in total. The number of fused-ring (bicyclic) bond motifs is 2. The van der Waals surface area contributed by atoms with Gasteiger partial charge in [0.05, 0.1) is 5.56 Å². The zero-order chi connectivity index (χ0) is 18.4. The van der Waals surface area contributed by atoms with Crippen LogP contribution in [0.1, 0.15) is 22.1 Å². The van der Waals surface area contributed by atoms with E-state index in [9.17, 15) is 4.79 Å². The van der Waals surface area contributed by atoms with Crippen LogP contribution in [0.2, 0.25) is 5.02 Å². The van der Waals surface area contributed by atoms with Gasteiger partial charge in [0.15, 0.2) is 11.5 Å². The number of para-hydroxylation sites is 1. The first-order valence-electron chi connectivity index (χ1n) is 8.55. The number of benzene rings is 3. The molecule has 0 radical (unpaired) electrons. The monoisotopic (exact) mass is 378 g/mol. The van der Waals surface area contributed by atoms with Crippen LogP contribution in [-0.2, 0) is 0 Å². The summed E-state index contributed by atoms with van der Waals surface area (Å²) in [4.78, 5) is 15.0. The summed E-state index contributed by atoms with van der Waals surface area (Å²) < 4.78 is 10.9. The maximum atomic E-state index is 13.3. The summed E-state index contributed by atoms with van der Waals surface area (Å²) in [5.41, 5.74) is 3.09. The number of carbonyl (C=O) groups is 1. The summed E-state index contributed by atoms with van der Waals surface area (Å²) in [6.45, 7) is 0.208. The smallest absolute Gasteiger partial charge is 0.262 e. The second kappa shape index (κ2) is 6.21. The summed E-state index contributed by atoms with van der Waals surface area (Å²) in [5.74, 6) is 1.31. The lowest BCUT2D eigenvalue weighted by atomic mass is 10.0. The highest BCUT2D eigenvalue weighted by Gasteiger charge is 2.34. The molecule has 1 atom stereocenters. The molecule has 1 unspecified atom stereocenters. The molecule has 5 rings (SSSR count). The van der Waals surface area contributed by atoms with Crippen LogP contribution in [0.25, 0.3) is 0 Å². The number of hydrogen-bond donors (Lipinski definition) is 1. The van der Waals surface area contributed by atoms with Crippen LogP contribution in [0, 0.1) is 0 Å². The molecule has 0 aliphatic carbocycles. The Morgan fingerprint density at radius 3 is 2.59 bits per heavy atom. The molecule has 0 fully saturated rings. The maximum Gasteiger partial charge on any atom is 0.262 e. The number of halogens is 1. The first-order valence-corrected chi connectivity index (χ1v) is 8.93. The van der Waals surface area contributed by atoms with Crippen molar-refractivity contribution < 1.29 is 14.3 Å². The van der Waals surface area contributed by atoms with Gasteiger partial charge in [-0.05, 0) is 54.1 Å². The van der Waals surface area contributed by atoms with Crippen molar-refractivity contribution in [3.05, 3.63) is 82.9 Å². The van der Waals surface area contributed by atoms with Crippen molar-refractivity contribution in [2.24, 2.45) is 0 Å². The first kappa shape index (κ1) is 16.0. The lowest BCUT2D eigenvalue weighted by Gasteiger charge is -2.38. The van der Waals surface area contributed by atoms with Crippen molar-refractivity contribution in [3.63, 3.8) is 0 Å². The molecule has 2 aliphatic heterocycles. The van der Waals surface area contributed by atoms with Gasteiger partial charge in [0.2, 0.25) is 6.79 Å². The zero-order valence-corrected chi connectivity index (χ0v) is 14.9. The molecule has 0 spiro atoms. The van der Waals surface area contributed by atoms with E-state index in [1.54, 1.807) is 17.0 Å². The molecule has 134 valence electrons. The van der Waals surface area contributed by atoms with Crippen LogP contribution in [-0.4, -0.2) is 12.7 Å². The molecule has 6 heteroatoms. The first-order chi connectivity index (χ1) is 13.2. The van der Waals surface area contributed by atoms with E-state index < -0.39 is 0 Å². The molecular weight excluding hydrogens is 364 g/mol. The lowest BCUT2D eigenvalue weighted by molar-refractivity contribution is 0.0975. The quantitative estimate of drug-likeness (QED) is 0.693. The second-order valence-corrected chi connectivity index (χ2v) is 6.79. The zero-order valence-electron chi connectivity index (χ0n) is 14.2. The Bertz CT molecular complexity index is 1040. The van der Waals surface area contributed by atoms with E-state index in [2.05, 4.69) is 5.32 Å². The summed E-state index contributed by atoms with van der Waals surface area (Å²) in [6.07, 6.45) is -0.386. The van der Waals surface area contributed by atoms with Gasteiger partial charge in [-0.25, -0.2) is 0 Å². The van der Waals surface area contributed by atoms with Crippen LogP contribution in [0.4, 0.5) is 11.4 Å². The summed E-state index contributed by atoms with van der Waals surface area (Å²) in [5, 5.41) is 4.10. The van der Waals surface area contributed by atoms with E-state index in [1.165, 1.54) is 0 Å². The van der Waals surface area contributed by atoms with Crippen molar-refractivity contribution in [2.75, 3.05) is 17.0 Å². The molecular formula is C21H15ClN2O3. The normalized spacial score (nSPS) is 17.4. The highest BCUT2D eigenvalue weighted by atomic mass is 35.5. The van der Waals surface area contributed by atoms with Crippen LogP contribution in [0.15, 0.2) is 66.7 Å². The Morgan fingerprint density at radius 2 is 1.74 bits per heavy atom. The van der Waals surface area contributed by atoms with E-state index >= 15 is 0 Å². The molecule has 0 aromatic heterocycles. The molecule has 2 heterocycles. The number of anilines is 2. The van der Waals surface area contributed by atoms with Crippen molar-refractivity contribution in [1.82, 2.24) is 0 Å². The number of carbonyl (C=O) groups excluding carboxylic acids is 1. The fourth-order valence-corrected chi connectivity index (χ4v) is 3.56. The Balaban J connectivity index is 1.64. The third-order valence-corrected chi connectivity index (χ3v) is 5.00. The highest BCUT2D eigenvalue weighted by molar-refractivity contribution is 6.30. The SMILES string of the molecule is O=C1c2ccccc2NC(c2ccc3c(c2)OCO3)N1c1ccc(Cl)cc1. The number of rotatable bonds is 2. The van der Waals surface area contributed by atoms with Gasteiger partial charge in [-0.1, -0.05) is 29.8 Å². The molecule has 2 aliphatic rings. The predicted molar refractivity (Wildman–Crippen MR) is 104 cm³/mol. The number of ether oxygens (including phenoxy) is 2. The van der Waals surface area contributed by atoms with Crippen molar-refractivity contribution in [3.8, 4) is 11.5 Å². The predicted octanol–water partition coefficient (Wildman–Crippen LogP) is 4.84. The third-order valence-electron chi connectivity index (χ3n) is 4.74. The molecule has 0 bridgehead atoms. The Labute approximate surface area is 161 Å². The van der Waals surface area contributed by atoms with E-state index in [-0.39, 0.29) is 18.9 Å². The Hall–Kier alpha value is -3.18. The fourth-order valence-electron chi connectivity index (χ4n) is 3.44. The minimum Gasteiger partial charge on any atom is -0.454 e. The minimum atomic E-state index is -0.386. The summed E-state index contributed by atoms with van der Waals surface area (Å²) in [7, 11) is 0. The fraction of sp³-hybridized carbons (Fsp3) is 0.0952. The van der Waals surface area contributed by atoms with E-state index in [0.29, 0.717) is 22.1 Å². The van der Waals surface area contributed by atoms with Gasteiger partial charge >= 0.3 is 0 Å². The highest BCUT2D eigenvalue weighted by Crippen LogP contribution is 2.40. The average Bonchev–Trinajstić information content (AvgIpc) is 3.17. The van der Waals surface area contributed by atoms with Crippen LogP contribution in [0.3, 0.4) is 0 Å². The van der Waals surface area contributed by atoms with Gasteiger partial charge in [-0.3, -0.25) is 9.69 Å². The maximum absolute atomic E-state index is 13.3.